The molecule has 4 nitrogen and oxygen atoms in total. The second-order valence-corrected chi connectivity index (χ2v) is 6.86. The fourth-order valence-electron chi connectivity index (χ4n) is 2.21. The summed E-state index contributed by atoms with van der Waals surface area (Å²) in [6.07, 6.45) is 3.56. The van der Waals surface area contributed by atoms with Crippen LogP contribution >= 0.6 is 27.3 Å². The number of primary amides is 1. The van der Waals surface area contributed by atoms with E-state index >= 15 is 0 Å². The largest absolute Gasteiger partial charge is 0.370 e. The van der Waals surface area contributed by atoms with Crippen LogP contribution in [0.5, 0.6) is 0 Å². The first-order valence-corrected chi connectivity index (χ1v) is 7.65. The summed E-state index contributed by atoms with van der Waals surface area (Å²) in [5.74, 6) is -0.420. The highest BCUT2D eigenvalue weighted by atomic mass is 79.9. The molecule has 1 heterocycles. The molecule has 100 valence electrons. The van der Waals surface area contributed by atoms with E-state index in [1.54, 1.807) is 0 Å². The Bertz CT molecular complexity index is 422. The van der Waals surface area contributed by atoms with Crippen molar-refractivity contribution in [3.05, 3.63) is 20.3 Å². The average Bonchev–Trinajstić information content (AvgIpc) is 2.69. The Morgan fingerprint density at radius 1 is 1.67 bits per heavy atom. The fraction of sp³-hybridized carbons (Fsp3) is 0.583. The maximum Gasteiger partial charge on any atom is 0.243 e. The van der Waals surface area contributed by atoms with Gasteiger partial charge in [0.25, 0.3) is 0 Å². The maximum absolute atomic E-state index is 10.5. The van der Waals surface area contributed by atoms with Crippen molar-refractivity contribution in [3.63, 3.8) is 0 Å². The molecular weight excluding hydrogens is 316 g/mol. The predicted molar refractivity (Wildman–Crippen MR) is 75.7 cm³/mol. The number of carbonyl (C=O) groups is 1. The van der Waals surface area contributed by atoms with Crippen LogP contribution in [0.1, 0.15) is 29.3 Å². The highest BCUT2D eigenvalue weighted by molar-refractivity contribution is 9.11. The van der Waals surface area contributed by atoms with Crippen molar-refractivity contribution in [1.82, 2.24) is 5.32 Å². The van der Waals surface area contributed by atoms with Gasteiger partial charge in [-0.25, -0.2) is 0 Å². The zero-order valence-electron chi connectivity index (χ0n) is 10.1. The number of carbonyl (C=O) groups excluding carboxylic acids is 1. The Balaban J connectivity index is 1.78. The molecule has 1 amide bonds. The molecule has 0 fully saturated rings. The molecule has 0 saturated carbocycles. The molecule has 1 aliphatic carbocycles. The summed E-state index contributed by atoms with van der Waals surface area (Å²) in [6, 6.07) is 2.62. The molecule has 0 bridgehead atoms. The third-order valence-corrected chi connectivity index (χ3v) is 4.68. The second-order valence-electron chi connectivity index (χ2n) is 4.35. The highest BCUT2D eigenvalue weighted by Crippen LogP contribution is 2.37. The van der Waals surface area contributed by atoms with Gasteiger partial charge >= 0.3 is 0 Å². The Labute approximate surface area is 119 Å². The number of ether oxygens (including phenoxy) is 1. The van der Waals surface area contributed by atoms with Crippen LogP contribution in [0.4, 0.5) is 0 Å². The molecule has 0 aliphatic heterocycles. The summed E-state index contributed by atoms with van der Waals surface area (Å²) >= 11 is 5.37. The third-order valence-electron chi connectivity index (χ3n) is 2.97. The van der Waals surface area contributed by atoms with Crippen molar-refractivity contribution in [2.75, 3.05) is 19.8 Å². The van der Waals surface area contributed by atoms with E-state index in [0.717, 1.165) is 13.0 Å². The SMILES string of the molecule is NC(=O)COCCNC1CCCc2sc(Br)cc21. The minimum atomic E-state index is -0.420. The number of hydrogen-bond donors (Lipinski definition) is 2. The van der Waals surface area contributed by atoms with Crippen molar-refractivity contribution in [1.29, 1.82) is 0 Å². The third kappa shape index (κ3) is 3.78. The minimum Gasteiger partial charge on any atom is -0.370 e. The van der Waals surface area contributed by atoms with Crippen molar-refractivity contribution >= 4 is 33.2 Å². The van der Waals surface area contributed by atoms with E-state index in [-0.39, 0.29) is 6.61 Å². The first kappa shape index (κ1) is 14.0. The lowest BCUT2D eigenvalue weighted by Crippen LogP contribution is -2.28. The van der Waals surface area contributed by atoms with Crippen LogP contribution in [0, 0.1) is 0 Å². The van der Waals surface area contributed by atoms with Crippen molar-refractivity contribution in [2.24, 2.45) is 5.73 Å². The Kier molecular flexibility index (Phi) is 5.17. The van der Waals surface area contributed by atoms with E-state index < -0.39 is 5.91 Å². The number of fused-ring (bicyclic) bond motifs is 1. The van der Waals surface area contributed by atoms with Crippen LogP contribution in [-0.4, -0.2) is 25.7 Å². The molecule has 3 N–H and O–H groups in total. The van der Waals surface area contributed by atoms with Crippen LogP contribution in [0.15, 0.2) is 9.85 Å². The summed E-state index contributed by atoms with van der Waals surface area (Å²) in [7, 11) is 0. The number of hydrogen-bond acceptors (Lipinski definition) is 4. The summed E-state index contributed by atoms with van der Waals surface area (Å²) in [5, 5.41) is 3.47. The van der Waals surface area contributed by atoms with Gasteiger partial charge in [0.1, 0.15) is 6.61 Å². The first-order valence-electron chi connectivity index (χ1n) is 6.04. The van der Waals surface area contributed by atoms with E-state index in [2.05, 4.69) is 27.3 Å². The molecule has 0 saturated heterocycles. The minimum absolute atomic E-state index is 0.00158. The van der Waals surface area contributed by atoms with Crippen LogP contribution < -0.4 is 11.1 Å². The monoisotopic (exact) mass is 332 g/mol. The molecule has 0 aromatic carbocycles. The fourth-order valence-corrected chi connectivity index (χ4v) is 4.03. The molecule has 0 radical (unpaired) electrons. The first-order chi connectivity index (χ1) is 8.66. The summed E-state index contributed by atoms with van der Waals surface area (Å²) < 4.78 is 6.34. The quantitative estimate of drug-likeness (QED) is 0.783. The molecule has 0 spiro atoms. The number of nitrogens with two attached hydrogens (primary N) is 1. The Morgan fingerprint density at radius 3 is 3.28 bits per heavy atom. The number of rotatable bonds is 6. The number of amides is 1. The Morgan fingerprint density at radius 2 is 2.50 bits per heavy atom. The topological polar surface area (TPSA) is 64.4 Å². The highest BCUT2D eigenvalue weighted by Gasteiger charge is 2.21. The van der Waals surface area contributed by atoms with E-state index in [1.165, 1.54) is 27.1 Å². The lowest BCUT2D eigenvalue weighted by atomic mass is 9.94. The van der Waals surface area contributed by atoms with Gasteiger partial charge in [-0.05, 0) is 46.8 Å². The van der Waals surface area contributed by atoms with Gasteiger partial charge in [-0.1, -0.05) is 0 Å². The molecule has 1 aromatic rings. The van der Waals surface area contributed by atoms with Crippen molar-refractivity contribution < 1.29 is 9.53 Å². The molecule has 18 heavy (non-hydrogen) atoms. The summed E-state index contributed by atoms with van der Waals surface area (Å²) in [6.45, 7) is 1.26. The maximum atomic E-state index is 10.5. The van der Waals surface area contributed by atoms with E-state index in [0.29, 0.717) is 12.6 Å². The van der Waals surface area contributed by atoms with Crippen molar-refractivity contribution in [2.45, 2.75) is 25.3 Å². The molecule has 1 atom stereocenters. The molecule has 2 rings (SSSR count). The predicted octanol–water partition coefficient (Wildman–Crippen LogP) is 1.98. The number of halogens is 1. The summed E-state index contributed by atoms with van der Waals surface area (Å²) in [4.78, 5) is 12.0. The van der Waals surface area contributed by atoms with Crippen LogP contribution in [-0.2, 0) is 16.0 Å². The van der Waals surface area contributed by atoms with E-state index in [1.807, 2.05) is 11.3 Å². The standard InChI is InChI=1S/C12H17BrN2O2S/c13-11-6-8-9(2-1-3-10(8)18-11)15-4-5-17-7-12(14)16/h6,9,15H,1-5,7H2,(H2,14,16). The van der Waals surface area contributed by atoms with Gasteiger partial charge in [-0.2, -0.15) is 0 Å². The van der Waals surface area contributed by atoms with E-state index in [4.69, 9.17) is 10.5 Å². The number of thiophene rings is 1. The number of aryl methyl sites for hydroxylation is 1. The lowest BCUT2D eigenvalue weighted by Gasteiger charge is -2.23. The summed E-state index contributed by atoms with van der Waals surface area (Å²) in [5.41, 5.74) is 6.41. The lowest BCUT2D eigenvalue weighted by molar-refractivity contribution is -0.122. The molecule has 6 heteroatoms. The van der Waals surface area contributed by atoms with Gasteiger partial charge in [-0.15, -0.1) is 11.3 Å². The van der Waals surface area contributed by atoms with Gasteiger partial charge in [0.05, 0.1) is 10.4 Å². The molecule has 1 unspecified atom stereocenters. The number of nitrogens with one attached hydrogen (secondary N) is 1. The van der Waals surface area contributed by atoms with Crippen molar-refractivity contribution in [3.8, 4) is 0 Å². The van der Waals surface area contributed by atoms with E-state index in [9.17, 15) is 4.79 Å². The van der Waals surface area contributed by atoms with Gasteiger partial charge in [0, 0.05) is 17.5 Å². The normalized spacial score (nSPS) is 18.6. The Hall–Kier alpha value is -0.430. The zero-order chi connectivity index (χ0) is 13.0. The van der Waals surface area contributed by atoms with Crippen LogP contribution in [0.25, 0.3) is 0 Å². The zero-order valence-corrected chi connectivity index (χ0v) is 12.5. The van der Waals surface area contributed by atoms with Crippen LogP contribution in [0.3, 0.4) is 0 Å². The molecule has 1 aliphatic rings. The van der Waals surface area contributed by atoms with Gasteiger partial charge < -0.3 is 15.8 Å². The van der Waals surface area contributed by atoms with Gasteiger partial charge in [0.2, 0.25) is 5.91 Å². The van der Waals surface area contributed by atoms with Gasteiger partial charge in [0.15, 0.2) is 0 Å². The second kappa shape index (κ2) is 6.65. The average molecular weight is 333 g/mol. The smallest absolute Gasteiger partial charge is 0.243 e. The van der Waals surface area contributed by atoms with Crippen LogP contribution in [0.2, 0.25) is 0 Å². The molecular formula is C12H17BrN2O2S. The van der Waals surface area contributed by atoms with Gasteiger partial charge in [-0.3, -0.25) is 4.79 Å². The molecule has 1 aromatic heterocycles.